The minimum Gasteiger partial charge on any atom is -0.466 e. The van der Waals surface area contributed by atoms with Gasteiger partial charge in [0.25, 0.3) is 0 Å². The van der Waals surface area contributed by atoms with Crippen molar-refractivity contribution in [2.75, 3.05) is 31.9 Å². The van der Waals surface area contributed by atoms with E-state index in [1.165, 1.54) is 0 Å². The molecule has 2 heterocycles. The second-order valence-electron chi connectivity index (χ2n) is 4.28. The highest BCUT2D eigenvalue weighted by molar-refractivity contribution is 5.48. The van der Waals surface area contributed by atoms with Crippen molar-refractivity contribution in [2.24, 2.45) is 5.73 Å². The zero-order chi connectivity index (χ0) is 12.1. The van der Waals surface area contributed by atoms with Crippen LogP contribution in [0.2, 0.25) is 0 Å². The molecule has 1 fully saturated rings. The summed E-state index contributed by atoms with van der Waals surface area (Å²) >= 11 is 0. The molecule has 94 valence electrons. The van der Waals surface area contributed by atoms with Crippen LogP contribution in [0.15, 0.2) is 18.5 Å². The van der Waals surface area contributed by atoms with Crippen molar-refractivity contribution >= 4 is 5.69 Å². The van der Waals surface area contributed by atoms with Crippen LogP contribution in [-0.4, -0.2) is 38.0 Å². The molecule has 5 heteroatoms. The third-order valence-corrected chi connectivity index (χ3v) is 2.87. The van der Waals surface area contributed by atoms with E-state index < -0.39 is 0 Å². The first kappa shape index (κ1) is 12.1. The first-order valence-corrected chi connectivity index (χ1v) is 5.87. The average Bonchev–Trinajstić information content (AvgIpc) is 2.37. The molecule has 1 aliphatic rings. The molecule has 5 nitrogen and oxygen atoms in total. The summed E-state index contributed by atoms with van der Waals surface area (Å²) < 4.78 is 10.2. The highest BCUT2D eigenvalue weighted by Crippen LogP contribution is 2.22. The van der Waals surface area contributed by atoms with Crippen LogP contribution in [0.1, 0.15) is 12.8 Å². The smallest absolute Gasteiger partial charge is 0.188 e. The Hall–Kier alpha value is -1.33. The van der Waals surface area contributed by atoms with E-state index in [0.717, 1.165) is 37.4 Å². The minimum atomic E-state index is 0.241. The van der Waals surface area contributed by atoms with E-state index in [-0.39, 0.29) is 12.8 Å². The van der Waals surface area contributed by atoms with Crippen LogP contribution in [0, 0.1) is 0 Å². The Balaban J connectivity index is 2.04. The van der Waals surface area contributed by atoms with Gasteiger partial charge in [-0.1, -0.05) is 0 Å². The number of ether oxygens (including phenoxy) is 2. The van der Waals surface area contributed by atoms with Crippen LogP contribution in [-0.2, 0) is 4.74 Å². The molecule has 0 amide bonds. The number of hydrogen-bond donors (Lipinski definition) is 1. The van der Waals surface area contributed by atoms with Crippen LogP contribution < -0.4 is 15.4 Å². The van der Waals surface area contributed by atoms with E-state index in [4.69, 9.17) is 15.2 Å². The number of nitrogens with zero attached hydrogens (tertiary/aromatic N) is 2. The van der Waals surface area contributed by atoms with Gasteiger partial charge >= 0.3 is 0 Å². The molecule has 0 bridgehead atoms. The lowest BCUT2D eigenvalue weighted by atomic mass is 10.1. The predicted octanol–water partition coefficient (Wildman–Crippen LogP) is 0.992. The molecular formula is C12H19N3O2. The van der Waals surface area contributed by atoms with Gasteiger partial charge in [-0.05, 0) is 12.8 Å². The Morgan fingerprint density at radius 2 is 2.41 bits per heavy atom. The number of anilines is 1. The molecule has 0 saturated carbocycles. The summed E-state index contributed by atoms with van der Waals surface area (Å²) in [7, 11) is 1.60. The average molecular weight is 237 g/mol. The number of piperidine rings is 1. The van der Waals surface area contributed by atoms with Crippen molar-refractivity contribution < 1.29 is 9.47 Å². The molecule has 17 heavy (non-hydrogen) atoms. The number of aromatic nitrogens is 1. The van der Waals surface area contributed by atoms with Gasteiger partial charge in [0.15, 0.2) is 6.79 Å². The van der Waals surface area contributed by atoms with Crippen LogP contribution in [0.5, 0.6) is 5.75 Å². The van der Waals surface area contributed by atoms with E-state index in [1.807, 2.05) is 12.3 Å². The van der Waals surface area contributed by atoms with Crippen molar-refractivity contribution in [3.63, 3.8) is 0 Å². The Morgan fingerprint density at radius 1 is 1.53 bits per heavy atom. The molecule has 2 rings (SSSR count). The fourth-order valence-corrected chi connectivity index (χ4v) is 2.03. The van der Waals surface area contributed by atoms with Gasteiger partial charge in [0, 0.05) is 32.3 Å². The lowest BCUT2D eigenvalue weighted by molar-refractivity contribution is 0.0509. The van der Waals surface area contributed by atoms with Gasteiger partial charge < -0.3 is 20.1 Å². The van der Waals surface area contributed by atoms with E-state index in [2.05, 4.69) is 9.88 Å². The molecule has 0 radical (unpaired) electrons. The van der Waals surface area contributed by atoms with Gasteiger partial charge in [-0.3, -0.25) is 4.98 Å². The van der Waals surface area contributed by atoms with Crippen molar-refractivity contribution in [2.45, 2.75) is 18.9 Å². The molecule has 1 aliphatic heterocycles. The van der Waals surface area contributed by atoms with Gasteiger partial charge in [-0.25, -0.2) is 0 Å². The summed E-state index contributed by atoms with van der Waals surface area (Å²) in [6.45, 7) is 2.16. The van der Waals surface area contributed by atoms with E-state index in [9.17, 15) is 0 Å². The summed E-state index contributed by atoms with van der Waals surface area (Å²) in [5.74, 6) is 0.725. The maximum atomic E-state index is 5.97. The molecular weight excluding hydrogens is 218 g/mol. The lowest BCUT2D eigenvalue weighted by Gasteiger charge is -2.32. The molecule has 1 aromatic rings. The number of pyridine rings is 1. The molecule has 1 atom stereocenters. The molecule has 0 spiro atoms. The quantitative estimate of drug-likeness (QED) is 0.791. The molecule has 0 aromatic carbocycles. The lowest BCUT2D eigenvalue weighted by Crippen LogP contribution is -2.42. The standard InChI is InChI=1S/C12H19N3O2/c1-16-9-17-12-5-11(6-14-7-12)15-4-2-3-10(13)8-15/h5-7,10H,2-4,8-9,13H2,1H3. The summed E-state index contributed by atoms with van der Waals surface area (Å²) in [4.78, 5) is 6.43. The maximum Gasteiger partial charge on any atom is 0.188 e. The first-order valence-electron chi connectivity index (χ1n) is 5.87. The van der Waals surface area contributed by atoms with Crippen LogP contribution in [0.4, 0.5) is 5.69 Å². The van der Waals surface area contributed by atoms with Gasteiger partial charge in [0.1, 0.15) is 5.75 Å². The predicted molar refractivity (Wildman–Crippen MR) is 66.2 cm³/mol. The fourth-order valence-electron chi connectivity index (χ4n) is 2.03. The van der Waals surface area contributed by atoms with Crippen molar-refractivity contribution in [3.8, 4) is 5.75 Å². The van der Waals surface area contributed by atoms with Crippen LogP contribution in [0.3, 0.4) is 0 Å². The highest BCUT2D eigenvalue weighted by atomic mass is 16.7. The van der Waals surface area contributed by atoms with Gasteiger partial charge in [-0.15, -0.1) is 0 Å². The Bertz CT molecular complexity index is 359. The van der Waals surface area contributed by atoms with Gasteiger partial charge in [-0.2, -0.15) is 0 Å². The monoisotopic (exact) mass is 237 g/mol. The maximum absolute atomic E-state index is 5.97. The SMILES string of the molecule is COCOc1cncc(N2CCCC(N)C2)c1. The summed E-state index contributed by atoms with van der Waals surface area (Å²) in [6, 6.07) is 2.23. The van der Waals surface area contributed by atoms with Crippen LogP contribution >= 0.6 is 0 Å². The third kappa shape index (κ3) is 3.31. The molecule has 1 aromatic heterocycles. The Labute approximate surface area is 102 Å². The topological polar surface area (TPSA) is 60.6 Å². The fraction of sp³-hybridized carbons (Fsp3) is 0.583. The second kappa shape index (κ2) is 5.84. The molecule has 0 aliphatic carbocycles. The highest BCUT2D eigenvalue weighted by Gasteiger charge is 2.17. The molecule has 1 saturated heterocycles. The van der Waals surface area contributed by atoms with E-state index in [1.54, 1.807) is 13.3 Å². The number of methoxy groups -OCH3 is 1. The largest absolute Gasteiger partial charge is 0.466 e. The first-order chi connectivity index (χ1) is 8.29. The van der Waals surface area contributed by atoms with E-state index in [0.29, 0.717) is 0 Å². The van der Waals surface area contributed by atoms with Gasteiger partial charge in [0.05, 0.1) is 18.1 Å². The molecule has 1 unspecified atom stereocenters. The Morgan fingerprint density at radius 3 is 3.18 bits per heavy atom. The number of rotatable bonds is 4. The number of hydrogen-bond acceptors (Lipinski definition) is 5. The summed E-state index contributed by atoms with van der Waals surface area (Å²) in [6.07, 6.45) is 5.76. The summed E-state index contributed by atoms with van der Waals surface area (Å²) in [5, 5.41) is 0. The van der Waals surface area contributed by atoms with Crippen LogP contribution in [0.25, 0.3) is 0 Å². The minimum absolute atomic E-state index is 0.241. The Kier molecular flexibility index (Phi) is 4.17. The zero-order valence-electron chi connectivity index (χ0n) is 10.1. The number of nitrogens with two attached hydrogens (primary N) is 1. The zero-order valence-corrected chi connectivity index (χ0v) is 10.1. The van der Waals surface area contributed by atoms with Crippen molar-refractivity contribution in [1.82, 2.24) is 4.98 Å². The van der Waals surface area contributed by atoms with Crippen molar-refractivity contribution in [1.29, 1.82) is 0 Å². The molecule has 2 N–H and O–H groups in total. The van der Waals surface area contributed by atoms with Crippen molar-refractivity contribution in [3.05, 3.63) is 18.5 Å². The van der Waals surface area contributed by atoms with Gasteiger partial charge in [0.2, 0.25) is 0 Å². The normalized spacial score (nSPS) is 20.4. The second-order valence-corrected chi connectivity index (χ2v) is 4.28. The summed E-state index contributed by atoms with van der Waals surface area (Å²) in [5.41, 5.74) is 7.03. The van der Waals surface area contributed by atoms with E-state index >= 15 is 0 Å². The third-order valence-electron chi connectivity index (χ3n) is 2.87.